The van der Waals surface area contributed by atoms with Gasteiger partial charge in [-0.2, -0.15) is 0 Å². The molecular formula is C16H21Cl2N3. The standard InChI is InChI=1S/C16H21Cl2N3/c1-16(6-3-2-4-7-16)11-21-14(5-8-17)20-13-9-12(18)10-19-15(13)21/h9-10H,2-8,11H2,1H3. The van der Waals surface area contributed by atoms with Crippen LogP contribution in [0.25, 0.3) is 11.2 Å². The first-order valence-electron chi connectivity index (χ1n) is 7.68. The molecule has 3 nitrogen and oxygen atoms in total. The number of aromatic nitrogens is 3. The summed E-state index contributed by atoms with van der Waals surface area (Å²) in [6.07, 6.45) is 9.05. The average molecular weight is 326 g/mol. The second kappa shape index (κ2) is 6.13. The number of hydrogen-bond acceptors (Lipinski definition) is 2. The van der Waals surface area contributed by atoms with Crippen LogP contribution in [-0.2, 0) is 13.0 Å². The Morgan fingerprint density at radius 2 is 2.05 bits per heavy atom. The number of aryl methyl sites for hydroxylation is 1. The summed E-state index contributed by atoms with van der Waals surface area (Å²) in [6.45, 7) is 3.36. The Hall–Kier alpha value is -0.800. The fraction of sp³-hybridized carbons (Fsp3) is 0.625. The Bertz CT molecular complexity index is 630. The summed E-state index contributed by atoms with van der Waals surface area (Å²) in [4.78, 5) is 9.20. The number of imidazole rings is 1. The van der Waals surface area contributed by atoms with E-state index in [9.17, 15) is 0 Å². The molecule has 0 aliphatic heterocycles. The van der Waals surface area contributed by atoms with Gasteiger partial charge in [0, 0.05) is 25.0 Å². The van der Waals surface area contributed by atoms with E-state index in [1.165, 1.54) is 32.1 Å². The highest BCUT2D eigenvalue weighted by molar-refractivity contribution is 6.31. The Morgan fingerprint density at radius 1 is 1.29 bits per heavy atom. The van der Waals surface area contributed by atoms with Crippen LogP contribution in [0.3, 0.4) is 0 Å². The van der Waals surface area contributed by atoms with Gasteiger partial charge in [-0.25, -0.2) is 9.97 Å². The van der Waals surface area contributed by atoms with Crippen molar-refractivity contribution in [2.45, 2.75) is 52.0 Å². The average Bonchev–Trinajstić information content (AvgIpc) is 2.76. The molecule has 5 heteroatoms. The molecule has 0 unspecified atom stereocenters. The molecule has 21 heavy (non-hydrogen) atoms. The van der Waals surface area contributed by atoms with Crippen LogP contribution < -0.4 is 0 Å². The minimum Gasteiger partial charge on any atom is -0.312 e. The second-order valence-corrected chi connectivity index (χ2v) is 7.24. The van der Waals surface area contributed by atoms with Crippen LogP contribution in [-0.4, -0.2) is 20.4 Å². The number of fused-ring (bicyclic) bond motifs is 1. The maximum atomic E-state index is 6.04. The van der Waals surface area contributed by atoms with Crippen molar-refractivity contribution in [1.82, 2.24) is 14.5 Å². The number of nitrogens with zero attached hydrogens (tertiary/aromatic N) is 3. The first-order valence-corrected chi connectivity index (χ1v) is 8.59. The Labute approximate surface area is 135 Å². The summed E-state index contributed by atoms with van der Waals surface area (Å²) < 4.78 is 2.26. The molecule has 2 aromatic heterocycles. The summed E-state index contributed by atoms with van der Waals surface area (Å²) in [5.41, 5.74) is 2.15. The number of alkyl halides is 1. The quantitative estimate of drug-likeness (QED) is 0.753. The Morgan fingerprint density at radius 3 is 2.76 bits per heavy atom. The fourth-order valence-electron chi connectivity index (χ4n) is 3.42. The van der Waals surface area contributed by atoms with Gasteiger partial charge in [0.05, 0.1) is 5.02 Å². The van der Waals surface area contributed by atoms with Crippen LogP contribution in [0.15, 0.2) is 12.3 Å². The van der Waals surface area contributed by atoms with Crippen molar-refractivity contribution in [2.24, 2.45) is 5.41 Å². The van der Waals surface area contributed by atoms with E-state index in [2.05, 4.69) is 16.5 Å². The van der Waals surface area contributed by atoms with Crippen LogP contribution in [0.4, 0.5) is 0 Å². The largest absolute Gasteiger partial charge is 0.312 e. The van der Waals surface area contributed by atoms with Gasteiger partial charge in [0.2, 0.25) is 0 Å². The molecule has 1 saturated carbocycles. The fourth-order valence-corrected chi connectivity index (χ4v) is 3.74. The molecule has 1 fully saturated rings. The van der Waals surface area contributed by atoms with Crippen LogP contribution in [0.2, 0.25) is 5.02 Å². The molecule has 0 spiro atoms. The minimum absolute atomic E-state index is 0.342. The predicted molar refractivity (Wildman–Crippen MR) is 88.2 cm³/mol. The van der Waals surface area contributed by atoms with E-state index in [0.29, 0.717) is 16.3 Å². The van der Waals surface area contributed by atoms with Gasteiger partial charge >= 0.3 is 0 Å². The molecule has 1 aliphatic rings. The second-order valence-electron chi connectivity index (χ2n) is 6.42. The number of rotatable bonds is 4. The highest BCUT2D eigenvalue weighted by Crippen LogP contribution is 2.38. The zero-order chi connectivity index (χ0) is 14.9. The summed E-state index contributed by atoms with van der Waals surface area (Å²) in [5, 5.41) is 0.633. The van der Waals surface area contributed by atoms with Crippen molar-refractivity contribution < 1.29 is 0 Å². The molecule has 1 aliphatic carbocycles. The van der Waals surface area contributed by atoms with E-state index in [-0.39, 0.29) is 0 Å². The van der Waals surface area contributed by atoms with Crippen molar-refractivity contribution in [2.75, 3.05) is 5.88 Å². The third kappa shape index (κ3) is 3.19. The topological polar surface area (TPSA) is 30.7 Å². The lowest BCUT2D eigenvalue weighted by Gasteiger charge is -2.34. The Balaban J connectivity index is 2.00. The lowest BCUT2D eigenvalue weighted by atomic mass is 9.75. The van der Waals surface area contributed by atoms with Crippen molar-refractivity contribution in [1.29, 1.82) is 0 Å². The maximum absolute atomic E-state index is 6.04. The molecule has 0 saturated heterocycles. The van der Waals surface area contributed by atoms with Gasteiger partial charge in [-0.3, -0.25) is 0 Å². The molecule has 0 N–H and O–H groups in total. The summed E-state index contributed by atoms with van der Waals surface area (Å²) in [7, 11) is 0. The van der Waals surface area contributed by atoms with Gasteiger partial charge in [-0.1, -0.05) is 37.8 Å². The lowest BCUT2D eigenvalue weighted by Crippen LogP contribution is -2.27. The molecule has 2 heterocycles. The SMILES string of the molecule is CC1(Cn2c(CCCl)nc3cc(Cl)cnc32)CCCCC1. The monoisotopic (exact) mass is 325 g/mol. The van der Waals surface area contributed by atoms with E-state index < -0.39 is 0 Å². The maximum Gasteiger partial charge on any atom is 0.160 e. The molecule has 0 aromatic carbocycles. The first-order chi connectivity index (χ1) is 10.1. The van der Waals surface area contributed by atoms with Crippen LogP contribution in [0, 0.1) is 5.41 Å². The van der Waals surface area contributed by atoms with Gasteiger partial charge < -0.3 is 4.57 Å². The molecule has 0 atom stereocenters. The van der Waals surface area contributed by atoms with Gasteiger partial charge in [0.15, 0.2) is 5.65 Å². The summed E-state index contributed by atoms with van der Waals surface area (Å²) in [5.74, 6) is 1.61. The van der Waals surface area contributed by atoms with Crippen molar-refractivity contribution in [3.05, 3.63) is 23.1 Å². The smallest absolute Gasteiger partial charge is 0.160 e. The summed E-state index contributed by atoms with van der Waals surface area (Å²) in [6, 6.07) is 1.89. The third-order valence-electron chi connectivity index (χ3n) is 4.55. The minimum atomic E-state index is 0.342. The lowest BCUT2D eigenvalue weighted by molar-refractivity contribution is 0.183. The van der Waals surface area contributed by atoms with Crippen molar-refractivity contribution in [3.63, 3.8) is 0 Å². The zero-order valence-corrected chi connectivity index (χ0v) is 13.9. The van der Waals surface area contributed by atoms with Gasteiger partial charge in [0.25, 0.3) is 0 Å². The molecule has 3 rings (SSSR count). The van der Waals surface area contributed by atoms with Gasteiger partial charge in [-0.15, -0.1) is 11.6 Å². The van der Waals surface area contributed by atoms with E-state index in [4.69, 9.17) is 28.2 Å². The number of halogens is 2. The van der Waals surface area contributed by atoms with E-state index in [1.54, 1.807) is 6.20 Å². The molecule has 2 aromatic rings. The highest BCUT2D eigenvalue weighted by Gasteiger charge is 2.29. The molecule has 0 amide bonds. The first kappa shape index (κ1) is 15.1. The zero-order valence-electron chi connectivity index (χ0n) is 12.4. The highest BCUT2D eigenvalue weighted by atomic mass is 35.5. The summed E-state index contributed by atoms with van der Waals surface area (Å²) >= 11 is 12.0. The van der Waals surface area contributed by atoms with E-state index >= 15 is 0 Å². The van der Waals surface area contributed by atoms with Crippen LogP contribution in [0.5, 0.6) is 0 Å². The van der Waals surface area contributed by atoms with Crippen molar-refractivity contribution >= 4 is 34.4 Å². The van der Waals surface area contributed by atoms with Crippen LogP contribution in [0.1, 0.15) is 44.9 Å². The number of pyridine rings is 1. The Kier molecular flexibility index (Phi) is 4.41. The molecule has 114 valence electrons. The normalized spacial score (nSPS) is 18.2. The molecule has 0 bridgehead atoms. The van der Waals surface area contributed by atoms with E-state index in [0.717, 1.165) is 30.0 Å². The predicted octanol–water partition coefficient (Wildman–Crippen LogP) is 4.84. The van der Waals surface area contributed by atoms with Crippen LogP contribution >= 0.6 is 23.2 Å². The third-order valence-corrected chi connectivity index (χ3v) is 4.94. The molecule has 0 radical (unpaired) electrons. The number of hydrogen-bond donors (Lipinski definition) is 0. The van der Waals surface area contributed by atoms with E-state index in [1.807, 2.05) is 6.07 Å². The van der Waals surface area contributed by atoms with Gasteiger partial charge in [0.1, 0.15) is 11.3 Å². The van der Waals surface area contributed by atoms with Crippen molar-refractivity contribution in [3.8, 4) is 0 Å². The molecular weight excluding hydrogens is 305 g/mol. The van der Waals surface area contributed by atoms with Gasteiger partial charge in [-0.05, 0) is 24.3 Å².